The molecule has 0 unspecified atom stereocenters. The predicted molar refractivity (Wildman–Crippen MR) is 71.2 cm³/mol. The van der Waals surface area contributed by atoms with Gasteiger partial charge in [-0.3, -0.25) is 0 Å². The van der Waals surface area contributed by atoms with Crippen molar-refractivity contribution in [3.8, 4) is 0 Å². The summed E-state index contributed by atoms with van der Waals surface area (Å²) in [5.41, 5.74) is 3.03. The third-order valence-electron chi connectivity index (χ3n) is 2.94. The van der Waals surface area contributed by atoms with E-state index in [0.717, 1.165) is 22.4 Å². The highest BCUT2D eigenvalue weighted by atomic mass is 16.1. The molecule has 0 saturated heterocycles. The maximum absolute atomic E-state index is 10.1. The molecule has 4 heteroatoms. The molecule has 0 spiro atoms. The predicted octanol–water partition coefficient (Wildman–Crippen LogP) is 2.71. The van der Waals surface area contributed by atoms with Gasteiger partial charge < -0.3 is 4.57 Å². The molecule has 4 nitrogen and oxygen atoms in total. The Kier molecular flexibility index (Phi) is 3.05. The Morgan fingerprint density at radius 2 is 2.11 bits per heavy atom. The standard InChI is InChI=1S/C14H17N3O/c1-14(2,3)13-16-11-7-10(8-15-9-18)5-6-12(11)17(13)4/h5-7H,8H2,1-4H3. The minimum absolute atomic E-state index is 0.00881. The molecule has 0 N–H and O–H groups in total. The molecule has 0 bridgehead atoms. The second-order valence-electron chi connectivity index (χ2n) is 5.48. The van der Waals surface area contributed by atoms with Crippen LogP contribution in [-0.2, 0) is 23.8 Å². The Morgan fingerprint density at radius 1 is 1.39 bits per heavy atom. The number of fused-ring (bicyclic) bond motifs is 1. The third kappa shape index (κ3) is 2.20. The van der Waals surface area contributed by atoms with Crippen LogP contribution in [0.1, 0.15) is 32.2 Å². The fraction of sp³-hybridized carbons (Fsp3) is 0.429. The molecule has 0 saturated carbocycles. The molecular formula is C14H17N3O. The molecule has 1 aromatic carbocycles. The molecule has 0 aliphatic rings. The van der Waals surface area contributed by atoms with E-state index in [1.807, 2.05) is 25.2 Å². The van der Waals surface area contributed by atoms with Gasteiger partial charge in [-0.2, -0.15) is 0 Å². The second-order valence-corrected chi connectivity index (χ2v) is 5.48. The van der Waals surface area contributed by atoms with Gasteiger partial charge in [-0.15, -0.1) is 0 Å². The first-order valence-corrected chi connectivity index (χ1v) is 5.93. The van der Waals surface area contributed by atoms with Gasteiger partial charge >= 0.3 is 0 Å². The summed E-state index contributed by atoms with van der Waals surface area (Å²) in [5.74, 6) is 1.05. The lowest BCUT2D eigenvalue weighted by molar-refractivity contribution is 0.526. The number of nitrogens with zero attached hydrogens (tertiary/aromatic N) is 3. The van der Waals surface area contributed by atoms with E-state index in [4.69, 9.17) is 0 Å². The molecule has 0 aliphatic heterocycles. The van der Waals surface area contributed by atoms with E-state index in [1.54, 1.807) is 6.08 Å². The average molecular weight is 243 g/mol. The number of carbonyl (C=O) groups excluding carboxylic acids is 1. The molecule has 1 aromatic heterocycles. The van der Waals surface area contributed by atoms with Crippen LogP contribution in [0.4, 0.5) is 0 Å². The van der Waals surface area contributed by atoms with E-state index in [-0.39, 0.29) is 5.41 Å². The summed E-state index contributed by atoms with van der Waals surface area (Å²) in [6, 6.07) is 5.97. The van der Waals surface area contributed by atoms with Crippen LogP contribution in [0.2, 0.25) is 0 Å². The number of hydrogen-bond donors (Lipinski definition) is 0. The maximum atomic E-state index is 10.1. The molecule has 18 heavy (non-hydrogen) atoms. The molecule has 2 aromatic rings. The summed E-state index contributed by atoms with van der Waals surface area (Å²) in [6.45, 7) is 6.80. The van der Waals surface area contributed by atoms with Crippen molar-refractivity contribution in [1.29, 1.82) is 0 Å². The van der Waals surface area contributed by atoms with Crippen molar-refractivity contribution in [2.75, 3.05) is 0 Å². The van der Waals surface area contributed by atoms with Crippen molar-refractivity contribution in [3.63, 3.8) is 0 Å². The molecular weight excluding hydrogens is 226 g/mol. The molecule has 94 valence electrons. The normalized spacial score (nSPS) is 11.6. The van der Waals surface area contributed by atoms with Crippen molar-refractivity contribution in [2.45, 2.75) is 32.7 Å². The van der Waals surface area contributed by atoms with Crippen LogP contribution in [0.5, 0.6) is 0 Å². The molecule has 0 atom stereocenters. The summed E-state index contributed by atoms with van der Waals surface area (Å²) in [7, 11) is 2.03. The van der Waals surface area contributed by atoms with E-state index >= 15 is 0 Å². The maximum Gasteiger partial charge on any atom is 0.235 e. The Hall–Kier alpha value is -1.93. The van der Waals surface area contributed by atoms with E-state index in [1.165, 1.54) is 0 Å². The quantitative estimate of drug-likeness (QED) is 0.601. The summed E-state index contributed by atoms with van der Waals surface area (Å²) < 4.78 is 2.11. The topological polar surface area (TPSA) is 47.2 Å². The fourth-order valence-corrected chi connectivity index (χ4v) is 2.14. The summed E-state index contributed by atoms with van der Waals surface area (Å²) >= 11 is 0. The van der Waals surface area contributed by atoms with Crippen molar-refractivity contribution < 1.29 is 4.79 Å². The smallest absolute Gasteiger partial charge is 0.235 e. The van der Waals surface area contributed by atoms with Crippen molar-refractivity contribution in [1.82, 2.24) is 9.55 Å². The number of benzene rings is 1. The first kappa shape index (κ1) is 12.5. The highest BCUT2D eigenvalue weighted by Gasteiger charge is 2.21. The van der Waals surface area contributed by atoms with Gasteiger partial charge in [0.05, 0.1) is 17.6 Å². The van der Waals surface area contributed by atoms with Gasteiger partial charge in [-0.25, -0.2) is 14.8 Å². The average Bonchev–Trinajstić information content (AvgIpc) is 2.63. The van der Waals surface area contributed by atoms with Gasteiger partial charge in [0, 0.05) is 12.5 Å². The number of aryl methyl sites for hydroxylation is 1. The van der Waals surface area contributed by atoms with Crippen LogP contribution in [0.15, 0.2) is 23.2 Å². The minimum atomic E-state index is 0.00881. The van der Waals surface area contributed by atoms with Crippen LogP contribution in [0, 0.1) is 0 Å². The SMILES string of the molecule is Cn1c(C(C)(C)C)nc2cc(CN=C=O)ccc21. The lowest BCUT2D eigenvalue weighted by Gasteiger charge is -2.17. The van der Waals surface area contributed by atoms with Crippen LogP contribution < -0.4 is 0 Å². The zero-order valence-electron chi connectivity index (χ0n) is 11.2. The third-order valence-corrected chi connectivity index (χ3v) is 2.94. The Balaban J connectivity index is 2.55. The van der Waals surface area contributed by atoms with Crippen molar-refractivity contribution in [3.05, 3.63) is 29.6 Å². The van der Waals surface area contributed by atoms with Gasteiger partial charge in [-0.05, 0) is 17.7 Å². The summed E-state index contributed by atoms with van der Waals surface area (Å²) in [5, 5.41) is 0. The molecule has 0 aliphatic carbocycles. The van der Waals surface area contributed by atoms with Crippen LogP contribution in [-0.4, -0.2) is 15.6 Å². The number of aromatic nitrogens is 2. The monoisotopic (exact) mass is 243 g/mol. The van der Waals surface area contributed by atoms with E-state index < -0.39 is 0 Å². The number of hydrogen-bond acceptors (Lipinski definition) is 3. The first-order valence-electron chi connectivity index (χ1n) is 5.93. The van der Waals surface area contributed by atoms with Gasteiger partial charge in [0.15, 0.2) is 0 Å². The van der Waals surface area contributed by atoms with Crippen LogP contribution in [0.25, 0.3) is 11.0 Å². The molecule has 2 rings (SSSR count). The van der Waals surface area contributed by atoms with E-state index in [9.17, 15) is 4.79 Å². The number of rotatable bonds is 2. The number of isocyanates is 1. The largest absolute Gasteiger partial charge is 0.331 e. The fourth-order valence-electron chi connectivity index (χ4n) is 2.14. The molecule has 0 radical (unpaired) electrons. The molecule has 0 fully saturated rings. The van der Waals surface area contributed by atoms with Gasteiger partial charge in [0.1, 0.15) is 5.82 Å². The second kappa shape index (κ2) is 4.39. The Labute approximate surface area is 106 Å². The van der Waals surface area contributed by atoms with Gasteiger partial charge in [0.2, 0.25) is 6.08 Å². The van der Waals surface area contributed by atoms with E-state index in [2.05, 4.69) is 35.3 Å². The lowest BCUT2D eigenvalue weighted by atomic mass is 9.96. The summed E-state index contributed by atoms with van der Waals surface area (Å²) in [4.78, 5) is 18.4. The Morgan fingerprint density at radius 3 is 2.72 bits per heavy atom. The van der Waals surface area contributed by atoms with Crippen LogP contribution >= 0.6 is 0 Å². The van der Waals surface area contributed by atoms with Gasteiger partial charge in [0.25, 0.3) is 0 Å². The number of aliphatic imine (C=N–C) groups is 1. The van der Waals surface area contributed by atoms with Crippen LogP contribution in [0.3, 0.4) is 0 Å². The first-order chi connectivity index (χ1) is 8.43. The minimum Gasteiger partial charge on any atom is -0.331 e. The highest BCUT2D eigenvalue weighted by Crippen LogP contribution is 2.25. The highest BCUT2D eigenvalue weighted by molar-refractivity contribution is 5.77. The summed E-state index contributed by atoms with van der Waals surface area (Å²) in [6.07, 6.45) is 1.55. The lowest BCUT2D eigenvalue weighted by Crippen LogP contribution is -2.17. The molecule has 0 amide bonds. The zero-order valence-corrected chi connectivity index (χ0v) is 11.2. The van der Waals surface area contributed by atoms with E-state index in [0.29, 0.717) is 6.54 Å². The Bertz CT molecular complexity index is 628. The molecule has 1 heterocycles. The van der Waals surface area contributed by atoms with Gasteiger partial charge in [-0.1, -0.05) is 26.8 Å². The van der Waals surface area contributed by atoms with Crippen molar-refractivity contribution in [2.24, 2.45) is 12.0 Å². The zero-order chi connectivity index (χ0) is 13.3. The number of imidazole rings is 1. The van der Waals surface area contributed by atoms with Crippen molar-refractivity contribution >= 4 is 17.1 Å².